The van der Waals surface area contributed by atoms with Crippen molar-refractivity contribution in [3.05, 3.63) is 35.6 Å². The summed E-state index contributed by atoms with van der Waals surface area (Å²) in [6.45, 7) is 0.228. The molecule has 0 aliphatic carbocycles. The Morgan fingerprint density at radius 3 is 2.33 bits per heavy atom. The maximum absolute atomic E-state index is 12.6. The van der Waals surface area contributed by atoms with Gasteiger partial charge in [0.1, 0.15) is 5.82 Å². The summed E-state index contributed by atoms with van der Waals surface area (Å²) in [5.41, 5.74) is 11.1. The maximum Gasteiger partial charge on any atom is 0.237 e. The number of carbonyl (C=O) groups is 2. The van der Waals surface area contributed by atoms with E-state index in [0.717, 1.165) is 5.56 Å². The molecule has 1 unspecified atom stereocenters. The number of carbonyl (C=O) groups excluding carboxylic acids is 2. The predicted molar refractivity (Wildman–Crippen MR) is 67.3 cm³/mol. The Hall–Kier alpha value is -1.66. The lowest BCUT2D eigenvalue weighted by molar-refractivity contribution is -0.126. The number of primary amides is 1. The number of nitrogens with two attached hydrogens (primary N) is 2. The molecule has 0 aromatic heterocycles. The molecule has 0 aliphatic rings. The van der Waals surface area contributed by atoms with Gasteiger partial charge in [0.15, 0.2) is 0 Å². The van der Waals surface area contributed by atoms with E-state index in [-0.39, 0.29) is 31.2 Å². The second-order valence-corrected chi connectivity index (χ2v) is 3.62. The van der Waals surface area contributed by atoms with Crippen molar-refractivity contribution in [2.24, 2.45) is 11.5 Å². The van der Waals surface area contributed by atoms with E-state index in [2.05, 4.69) is 5.32 Å². The first-order valence-corrected chi connectivity index (χ1v) is 5.05. The van der Waals surface area contributed by atoms with Gasteiger partial charge in [-0.3, -0.25) is 9.59 Å². The zero-order valence-corrected chi connectivity index (χ0v) is 10.4. The zero-order chi connectivity index (χ0) is 12.8. The molecular weight excluding hydrogens is 261 g/mol. The molecule has 1 rings (SSSR count). The quantitative estimate of drug-likeness (QED) is 0.709. The Bertz CT molecular complexity index is 411. The lowest BCUT2D eigenvalue weighted by atomic mass is 10.2. The molecule has 5 nitrogen and oxygen atoms in total. The van der Waals surface area contributed by atoms with Gasteiger partial charge in [0, 0.05) is 6.54 Å². The third-order valence-electron chi connectivity index (χ3n) is 2.14. The van der Waals surface area contributed by atoms with Crippen LogP contribution in [0.15, 0.2) is 24.3 Å². The fraction of sp³-hybridized carbons (Fsp3) is 0.273. The Morgan fingerprint density at radius 1 is 1.28 bits per heavy atom. The normalized spacial score (nSPS) is 11.2. The average molecular weight is 276 g/mol. The number of amides is 2. The van der Waals surface area contributed by atoms with Gasteiger partial charge in [0.25, 0.3) is 0 Å². The van der Waals surface area contributed by atoms with Gasteiger partial charge < -0.3 is 16.8 Å². The van der Waals surface area contributed by atoms with Crippen LogP contribution in [0.5, 0.6) is 0 Å². The largest absolute Gasteiger partial charge is 0.370 e. The standard InChI is InChI=1S/C11H14FN3O2.ClH/c12-8-3-1-7(2-4-8)6-15-11(17)9(13)5-10(14)16;/h1-4,9H,5-6,13H2,(H2,14,16)(H,15,17);1H. The zero-order valence-electron chi connectivity index (χ0n) is 9.56. The van der Waals surface area contributed by atoms with Crippen LogP contribution in [0.4, 0.5) is 4.39 Å². The molecule has 100 valence electrons. The number of halogens is 2. The van der Waals surface area contributed by atoms with Crippen LogP contribution >= 0.6 is 12.4 Å². The van der Waals surface area contributed by atoms with Crippen molar-refractivity contribution in [1.29, 1.82) is 0 Å². The van der Waals surface area contributed by atoms with Crippen molar-refractivity contribution in [3.8, 4) is 0 Å². The van der Waals surface area contributed by atoms with E-state index in [4.69, 9.17) is 11.5 Å². The molecule has 1 aromatic rings. The highest BCUT2D eigenvalue weighted by molar-refractivity contribution is 5.87. The van der Waals surface area contributed by atoms with E-state index in [1.807, 2.05) is 0 Å². The van der Waals surface area contributed by atoms with Gasteiger partial charge in [0.05, 0.1) is 12.5 Å². The summed E-state index contributed by atoms with van der Waals surface area (Å²) in [5.74, 6) is -1.44. The number of rotatable bonds is 5. The monoisotopic (exact) mass is 275 g/mol. The van der Waals surface area contributed by atoms with Crippen molar-refractivity contribution in [2.75, 3.05) is 0 Å². The second kappa shape index (κ2) is 7.62. The fourth-order valence-electron chi connectivity index (χ4n) is 1.23. The number of hydrogen-bond donors (Lipinski definition) is 3. The highest BCUT2D eigenvalue weighted by Gasteiger charge is 2.15. The highest BCUT2D eigenvalue weighted by Crippen LogP contribution is 2.02. The Morgan fingerprint density at radius 2 is 1.83 bits per heavy atom. The third kappa shape index (κ3) is 5.60. The molecule has 0 heterocycles. The van der Waals surface area contributed by atoms with Crippen LogP contribution in [-0.4, -0.2) is 17.9 Å². The minimum Gasteiger partial charge on any atom is -0.370 e. The Balaban J connectivity index is 0.00000289. The first-order valence-electron chi connectivity index (χ1n) is 5.05. The minimum absolute atomic E-state index is 0. The molecule has 0 saturated carbocycles. The van der Waals surface area contributed by atoms with Gasteiger partial charge in [-0.15, -0.1) is 12.4 Å². The van der Waals surface area contributed by atoms with Crippen molar-refractivity contribution in [3.63, 3.8) is 0 Å². The summed E-state index contributed by atoms with van der Waals surface area (Å²) in [7, 11) is 0. The van der Waals surface area contributed by atoms with Gasteiger partial charge in [-0.2, -0.15) is 0 Å². The SMILES string of the molecule is Cl.NC(=O)CC(N)C(=O)NCc1ccc(F)cc1. The summed E-state index contributed by atoms with van der Waals surface area (Å²) in [5, 5.41) is 2.53. The Labute approximate surface area is 110 Å². The average Bonchev–Trinajstić information content (AvgIpc) is 2.27. The van der Waals surface area contributed by atoms with Crippen molar-refractivity contribution in [1.82, 2.24) is 5.32 Å². The molecule has 0 fully saturated rings. The van der Waals surface area contributed by atoms with Crippen LogP contribution in [0.1, 0.15) is 12.0 Å². The molecule has 1 aromatic carbocycles. The van der Waals surface area contributed by atoms with Gasteiger partial charge in [0.2, 0.25) is 11.8 Å². The number of hydrogen-bond acceptors (Lipinski definition) is 3. The van der Waals surface area contributed by atoms with Crippen molar-refractivity contribution >= 4 is 24.2 Å². The molecule has 0 aliphatic heterocycles. The first-order chi connectivity index (χ1) is 7.99. The third-order valence-corrected chi connectivity index (χ3v) is 2.14. The van der Waals surface area contributed by atoms with Gasteiger partial charge in [-0.05, 0) is 17.7 Å². The molecule has 1 atom stereocenters. The summed E-state index contributed by atoms with van der Waals surface area (Å²) in [6.07, 6.45) is -0.199. The summed E-state index contributed by atoms with van der Waals surface area (Å²) in [6, 6.07) is 4.74. The minimum atomic E-state index is -0.951. The molecular formula is C11H15ClFN3O2. The summed E-state index contributed by atoms with van der Waals surface area (Å²) in [4.78, 5) is 21.9. The molecule has 0 bridgehead atoms. The molecule has 5 N–H and O–H groups in total. The second-order valence-electron chi connectivity index (χ2n) is 3.62. The lowest BCUT2D eigenvalue weighted by Gasteiger charge is -2.10. The highest BCUT2D eigenvalue weighted by atomic mass is 35.5. The predicted octanol–water partition coefficient (Wildman–Crippen LogP) is 0.0664. The van der Waals surface area contributed by atoms with Crippen LogP contribution in [-0.2, 0) is 16.1 Å². The maximum atomic E-state index is 12.6. The molecule has 0 spiro atoms. The van der Waals surface area contributed by atoms with E-state index in [9.17, 15) is 14.0 Å². The summed E-state index contributed by atoms with van der Waals surface area (Å²) >= 11 is 0. The smallest absolute Gasteiger partial charge is 0.237 e. The van der Waals surface area contributed by atoms with E-state index in [0.29, 0.717) is 0 Å². The van der Waals surface area contributed by atoms with Crippen LogP contribution in [0.25, 0.3) is 0 Å². The molecule has 18 heavy (non-hydrogen) atoms. The van der Waals surface area contributed by atoms with E-state index < -0.39 is 17.9 Å². The molecule has 2 amide bonds. The molecule has 0 radical (unpaired) electrons. The van der Waals surface area contributed by atoms with Crippen molar-refractivity contribution < 1.29 is 14.0 Å². The number of benzene rings is 1. The molecule has 0 saturated heterocycles. The fourth-order valence-corrected chi connectivity index (χ4v) is 1.23. The van der Waals surface area contributed by atoms with Crippen molar-refractivity contribution in [2.45, 2.75) is 19.0 Å². The van der Waals surface area contributed by atoms with Gasteiger partial charge in [-0.1, -0.05) is 12.1 Å². The van der Waals surface area contributed by atoms with E-state index >= 15 is 0 Å². The Kier molecular flexibility index (Phi) is 6.92. The topological polar surface area (TPSA) is 98.2 Å². The van der Waals surface area contributed by atoms with Crippen LogP contribution < -0.4 is 16.8 Å². The van der Waals surface area contributed by atoms with Gasteiger partial charge >= 0.3 is 0 Å². The van der Waals surface area contributed by atoms with Crippen LogP contribution in [0, 0.1) is 5.82 Å². The number of nitrogens with one attached hydrogen (secondary N) is 1. The van der Waals surface area contributed by atoms with E-state index in [1.165, 1.54) is 12.1 Å². The van der Waals surface area contributed by atoms with E-state index in [1.54, 1.807) is 12.1 Å². The summed E-state index contributed by atoms with van der Waals surface area (Å²) < 4.78 is 12.6. The first kappa shape index (κ1) is 16.3. The van der Waals surface area contributed by atoms with Crippen LogP contribution in [0.2, 0.25) is 0 Å². The lowest BCUT2D eigenvalue weighted by Crippen LogP contribution is -2.42. The molecule has 7 heteroatoms. The van der Waals surface area contributed by atoms with Gasteiger partial charge in [-0.25, -0.2) is 4.39 Å². The van der Waals surface area contributed by atoms with Crippen LogP contribution in [0.3, 0.4) is 0 Å².